The highest BCUT2D eigenvalue weighted by molar-refractivity contribution is 8.18. The average molecular weight is 419 g/mol. The molecule has 0 bridgehead atoms. The van der Waals surface area contributed by atoms with E-state index in [1.807, 2.05) is 19.9 Å². The van der Waals surface area contributed by atoms with Crippen molar-refractivity contribution in [3.05, 3.63) is 40.8 Å². The first-order valence-electron chi connectivity index (χ1n) is 9.26. The van der Waals surface area contributed by atoms with Gasteiger partial charge >= 0.3 is 5.97 Å². The van der Waals surface area contributed by atoms with Crippen LogP contribution in [0.25, 0.3) is 6.08 Å². The van der Waals surface area contributed by atoms with E-state index in [0.29, 0.717) is 36.7 Å². The molecule has 2 rings (SSSR count). The number of benzene rings is 1. The van der Waals surface area contributed by atoms with Crippen molar-refractivity contribution in [2.24, 2.45) is 0 Å². The second-order valence-corrected chi connectivity index (χ2v) is 7.11. The lowest BCUT2D eigenvalue weighted by atomic mass is 10.0. The van der Waals surface area contributed by atoms with E-state index in [9.17, 15) is 14.4 Å². The van der Waals surface area contributed by atoms with Crippen LogP contribution < -0.4 is 9.47 Å². The summed E-state index contributed by atoms with van der Waals surface area (Å²) >= 11 is 0.784. The Morgan fingerprint density at radius 2 is 1.93 bits per heavy atom. The minimum atomic E-state index is -0.992. The number of carbonyl (C=O) groups excluding carboxylic acids is 3. The summed E-state index contributed by atoms with van der Waals surface area (Å²) in [4.78, 5) is 37.9. The highest BCUT2D eigenvalue weighted by Gasteiger charge is 2.41. The maximum atomic E-state index is 12.7. The summed E-state index contributed by atoms with van der Waals surface area (Å²) in [6.45, 7) is 9.92. The summed E-state index contributed by atoms with van der Waals surface area (Å²) in [5, 5.41) is -0.513. The zero-order valence-electron chi connectivity index (χ0n) is 17.0. The van der Waals surface area contributed by atoms with Crippen LogP contribution in [0.4, 0.5) is 4.79 Å². The summed E-state index contributed by atoms with van der Waals surface area (Å²) in [5.41, 5.74) is 1.55. The second kappa shape index (κ2) is 10.2. The number of carbonyl (C=O) groups is 3. The van der Waals surface area contributed by atoms with Crippen LogP contribution in [-0.4, -0.2) is 48.4 Å². The Hall–Kier alpha value is -2.74. The first-order valence-corrected chi connectivity index (χ1v) is 10.1. The molecule has 8 heteroatoms. The maximum Gasteiger partial charge on any atom is 0.328 e. The maximum absolute atomic E-state index is 12.7. The van der Waals surface area contributed by atoms with Crippen LogP contribution in [-0.2, 0) is 20.7 Å². The molecule has 0 radical (unpaired) electrons. The molecule has 7 nitrogen and oxygen atoms in total. The van der Waals surface area contributed by atoms with Crippen LogP contribution >= 0.6 is 11.8 Å². The highest BCUT2D eigenvalue weighted by atomic mass is 32.2. The molecule has 0 unspecified atom stereocenters. The molecule has 1 aliphatic rings. The van der Waals surface area contributed by atoms with Gasteiger partial charge in [-0.1, -0.05) is 6.08 Å². The Morgan fingerprint density at radius 1 is 1.24 bits per heavy atom. The molecule has 29 heavy (non-hydrogen) atoms. The van der Waals surface area contributed by atoms with Gasteiger partial charge < -0.3 is 14.2 Å². The predicted octanol–water partition coefficient (Wildman–Crippen LogP) is 3.81. The molecular formula is C21H25NO6S. The van der Waals surface area contributed by atoms with E-state index in [0.717, 1.165) is 22.2 Å². The van der Waals surface area contributed by atoms with Crippen LogP contribution in [0.2, 0.25) is 0 Å². The van der Waals surface area contributed by atoms with Crippen molar-refractivity contribution in [3.63, 3.8) is 0 Å². The van der Waals surface area contributed by atoms with E-state index in [1.54, 1.807) is 18.2 Å². The van der Waals surface area contributed by atoms with Gasteiger partial charge in [0.2, 0.25) is 0 Å². The van der Waals surface area contributed by atoms with Crippen LogP contribution in [0.5, 0.6) is 11.5 Å². The van der Waals surface area contributed by atoms with Gasteiger partial charge in [0.15, 0.2) is 11.5 Å². The Bertz CT molecular complexity index is 848. The summed E-state index contributed by atoms with van der Waals surface area (Å²) in [5.74, 6) is 0.0115. The number of esters is 1. The lowest BCUT2D eigenvalue weighted by Crippen LogP contribution is -2.42. The van der Waals surface area contributed by atoms with E-state index in [-0.39, 0.29) is 4.91 Å². The van der Waals surface area contributed by atoms with Crippen molar-refractivity contribution in [2.75, 3.05) is 20.3 Å². The molecule has 1 heterocycles. The van der Waals surface area contributed by atoms with Gasteiger partial charge in [0, 0.05) is 5.56 Å². The number of methoxy groups -OCH3 is 1. The predicted molar refractivity (Wildman–Crippen MR) is 112 cm³/mol. The first kappa shape index (κ1) is 22.5. The van der Waals surface area contributed by atoms with Gasteiger partial charge in [-0.15, -0.1) is 6.58 Å². The zero-order chi connectivity index (χ0) is 21.6. The molecule has 0 N–H and O–H groups in total. The summed E-state index contributed by atoms with van der Waals surface area (Å²) in [6.07, 6.45) is 3.92. The minimum Gasteiger partial charge on any atom is -0.490 e. The summed E-state index contributed by atoms with van der Waals surface area (Å²) in [7, 11) is 1.21. The van der Waals surface area contributed by atoms with Crippen molar-refractivity contribution in [3.8, 4) is 11.5 Å². The van der Waals surface area contributed by atoms with Gasteiger partial charge in [0.05, 0.1) is 25.2 Å². The molecule has 0 aromatic heterocycles. The third kappa shape index (κ3) is 5.00. The van der Waals surface area contributed by atoms with Crippen molar-refractivity contribution in [1.82, 2.24) is 4.90 Å². The van der Waals surface area contributed by atoms with E-state index in [2.05, 4.69) is 11.3 Å². The first-order chi connectivity index (χ1) is 13.9. The number of ether oxygens (including phenoxy) is 3. The summed E-state index contributed by atoms with van der Waals surface area (Å²) in [6, 6.07) is 2.64. The van der Waals surface area contributed by atoms with E-state index < -0.39 is 23.2 Å². The van der Waals surface area contributed by atoms with Crippen LogP contribution in [0.1, 0.15) is 31.9 Å². The number of imide groups is 1. The Morgan fingerprint density at radius 3 is 2.52 bits per heavy atom. The van der Waals surface area contributed by atoms with Crippen molar-refractivity contribution >= 4 is 35.0 Å². The number of hydrogen-bond donors (Lipinski definition) is 0. The third-order valence-corrected chi connectivity index (χ3v) is 5.04. The standard InChI is InChI=1S/C21H25NO6S/c1-6-9-15-10-14(11-16(27-7-2)18(15)28-8-3)12-17-19(23)22(21(25)29-17)13(4)20(24)26-5/h6,10-13H,1,7-9H2,2-5H3/b17-12+/t13-/m0/s1. The van der Waals surface area contributed by atoms with Gasteiger partial charge in [-0.05, 0) is 62.7 Å². The molecule has 1 aromatic rings. The average Bonchev–Trinajstić information content (AvgIpc) is 2.96. The largest absolute Gasteiger partial charge is 0.490 e. The molecule has 1 aliphatic heterocycles. The fourth-order valence-corrected chi connectivity index (χ4v) is 3.79. The van der Waals surface area contributed by atoms with E-state index in [1.165, 1.54) is 14.0 Å². The monoisotopic (exact) mass is 419 g/mol. The molecule has 0 aliphatic carbocycles. The van der Waals surface area contributed by atoms with Crippen LogP contribution in [0.3, 0.4) is 0 Å². The number of allylic oxidation sites excluding steroid dienone is 1. The quantitative estimate of drug-likeness (QED) is 0.342. The Labute approximate surface area is 174 Å². The Balaban J connectivity index is 2.45. The fraction of sp³-hybridized carbons (Fsp3) is 0.381. The third-order valence-electron chi connectivity index (χ3n) is 4.16. The lowest BCUT2D eigenvalue weighted by molar-refractivity contribution is -0.148. The van der Waals surface area contributed by atoms with Gasteiger partial charge in [0.25, 0.3) is 11.1 Å². The molecule has 0 spiro atoms. The van der Waals surface area contributed by atoms with Crippen LogP contribution in [0, 0.1) is 0 Å². The van der Waals surface area contributed by atoms with Crippen LogP contribution in [0.15, 0.2) is 29.7 Å². The Kier molecular flexibility index (Phi) is 7.90. The van der Waals surface area contributed by atoms with Gasteiger partial charge in [-0.3, -0.25) is 14.5 Å². The number of thioether (sulfide) groups is 1. The minimum absolute atomic E-state index is 0.224. The fourth-order valence-electron chi connectivity index (χ4n) is 2.89. The number of hydrogen-bond acceptors (Lipinski definition) is 7. The molecule has 1 saturated heterocycles. The van der Waals surface area contributed by atoms with Crippen molar-refractivity contribution in [2.45, 2.75) is 33.2 Å². The topological polar surface area (TPSA) is 82.1 Å². The van der Waals surface area contributed by atoms with Gasteiger partial charge in [-0.2, -0.15) is 0 Å². The van der Waals surface area contributed by atoms with Gasteiger partial charge in [-0.25, -0.2) is 4.79 Å². The molecule has 0 saturated carbocycles. The number of nitrogens with zero attached hydrogens (tertiary/aromatic N) is 1. The highest BCUT2D eigenvalue weighted by Crippen LogP contribution is 2.38. The lowest BCUT2D eigenvalue weighted by Gasteiger charge is -2.18. The molecule has 2 amide bonds. The molecule has 1 aromatic carbocycles. The molecular weight excluding hydrogens is 394 g/mol. The van der Waals surface area contributed by atoms with Gasteiger partial charge in [0.1, 0.15) is 6.04 Å². The molecule has 156 valence electrons. The van der Waals surface area contributed by atoms with Crippen molar-refractivity contribution in [1.29, 1.82) is 0 Å². The number of rotatable bonds is 9. The zero-order valence-corrected chi connectivity index (χ0v) is 17.8. The summed E-state index contributed by atoms with van der Waals surface area (Å²) < 4.78 is 16.1. The number of amides is 2. The SMILES string of the molecule is C=CCc1cc(/C=C2/SC(=O)N([C@@H](C)C(=O)OC)C2=O)cc(OCC)c1OCC. The smallest absolute Gasteiger partial charge is 0.328 e. The second-order valence-electron chi connectivity index (χ2n) is 6.12. The molecule has 1 atom stereocenters. The van der Waals surface area contributed by atoms with Crippen molar-refractivity contribution < 1.29 is 28.6 Å². The van der Waals surface area contributed by atoms with E-state index >= 15 is 0 Å². The molecule has 1 fully saturated rings. The van der Waals surface area contributed by atoms with E-state index in [4.69, 9.17) is 9.47 Å². The normalized spacial score (nSPS) is 16.1.